The molecule has 0 radical (unpaired) electrons. The minimum Gasteiger partial charge on any atom is -1.00 e. The van der Waals surface area contributed by atoms with Gasteiger partial charge in [-0.05, 0) is 13.3 Å². The quantitative estimate of drug-likeness (QED) is 0.289. The first-order valence-corrected chi connectivity index (χ1v) is 3.68. The molecule has 0 aromatic heterocycles. The van der Waals surface area contributed by atoms with Gasteiger partial charge in [0.15, 0.2) is 0 Å². The molecule has 0 aliphatic rings. The molecule has 0 N–H and O–H groups in total. The summed E-state index contributed by atoms with van der Waals surface area (Å²) in [6, 6.07) is 0. The fraction of sp³-hybridized carbons (Fsp3) is 0.750. The van der Waals surface area contributed by atoms with Gasteiger partial charge < -0.3 is 6.22 Å². The standard InChI is InChI=1S/C8H14O2.Na.H/c1-3-4-5-8(6-9)7(2)10;;/h6,8H,3-5H2,1-2H3;;/q;+1;-1. The summed E-state index contributed by atoms with van der Waals surface area (Å²) in [5.41, 5.74) is 0. The van der Waals surface area contributed by atoms with E-state index in [-0.39, 0.29) is 42.7 Å². The van der Waals surface area contributed by atoms with Gasteiger partial charge in [0.2, 0.25) is 0 Å². The van der Waals surface area contributed by atoms with Crippen LogP contribution in [0.25, 0.3) is 0 Å². The molecule has 0 rings (SSSR count). The summed E-state index contributed by atoms with van der Waals surface area (Å²) in [6.07, 6.45) is 3.47. The van der Waals surface area contributed by atoms with E-state index < -0.39 is 0 Å². The van der Waals surface area contributed by atoms with Crippen molar-refractivity contribution in [2.24, 2.45) is 5.92 Å². The SMILES string of the molecule is CCCCC(C=O)C(C)=O.[H-].[Na+]. The van der Waals surface area contributed by atoms with Gasteiger partial charge in [0, 0.05) is 0 Å². The van der Waals surface area contributed by atoms with Crippen LogP contribution in [0.2, 0.25) is 0 Å². The van der Waals surface area contributed by atoms with Crippen LogP contribution in [0.15, 0.2) is 0 Å². The van der Waals surface area contributed by atoms with E-state index in [4.69, 9.17) is 0 Å². The summed E-state index contributed by atoms with van der Waals surface area (Å²) < 4.78 is 0. The maximum absolute atomic E-state index is 10.6. The molecule has 60 valence electrons. The zero-order valence-electron chi connectivity index (χ0n) is 8.59. The number of rotatable bonds is 5. The normalized spacial score (nSPS) is 11.5. The maximum atomic E-state index is 10.6. The summed E-state index contributed by atoms with van der Waals surface area (Å²) in [7, 11) is 0. The molecule has 3 heteroatoms. The summed E-state index contributed by atoms with van der Waals surface area (Å²) in [4.78, 5) is 20.9. The van der Waals surface area contributed by atoms with Crippen molar-refractivity contribution < 1.29 is 40.6 Å². The molecular formula is C8H15NaO2. The van der Waals surface area contributed by atoms with Crippen molar-refractivity contribution in [3.8, 4) is 0 Å². The Bertz CT molecular complexity index is 128. The van der Waals surface area contributed by atoms with Gasteiger partial charge in [0.25, 0.3) is 0 Å². The number of carbonyl (C=O) groups is 2. The van der Waals surface area contributed by atoms with Crippen LogP contribution in [0.3, 0.4) is 0 Å². The molecule has 0 aromatic rings. The Morgan fingerprint density at radius 2 is 2.18 bits per heavy atom. The second-order valence-electron chi connectivity index (χ2n) is 2.50. The van der Waals surface area contributed by atoms with Crippen molar-refractivity contribution in [1.82, 2.24) is 0 Å². The molecule has 1 unspecified atom stereocenters. The van der Waals surface area contributed by atoms with Crippen LogP contribution in [-0.4, -0.2) is 12.1 Å². The average Bonchev–Trinajstić information content (AvgIpc) is 1.89. The van der Waals surface area contributed by atoms with Crippen molar-refractivity contribution in [2.75, 3.05) is 0 Å². The predicted molar refractivity (Wildman–Crippen MR) is 40.9 cm³/mol. The molecule has 2 nitrogen and oxygen atoms in total. The number of ketones is 1. The van der Waals surface area contributed by atoms with Gasteiger partial charge in [-0.25, -0.2) is 0 Å². The van der Waals surface area contributed by atoms with Gasteiger partial charge in [-0.1, -0.05) is 19.8 Å². The van der Waals surface area contributed by atoms with Gasteiger partial charge in [0.05, 0.1) is 5.92 Å². The van der Waals surface area contributed by atoms with Crippen LogP contribution in [0.4, 0.5) is 0 Å². The van der Waals surface area contributed by atoms with Crippen molar-refractivity contribution >= 4 is 12.1 Å². The van der Waals surface area contributed by atoms with E-state index in [1.54, 1.807) is 0 Å². The Balaban J connectivity index is -0.000000405. The maximum Gasteiger partial charge on any atom is 1.00 e. The topological polar surface area (TPSA) is 34.1 Å². The molecule has 0 bridgehead atoms. The smallest absolute Gasteiger partial charge is 1.00 e. The molecule has 0 fully saturated rings. The van der Waals surface area contributed by atoms with E-state index >= 15 is 0 Å². The summed E-state index contributed by atoms with van der Waals surface area (Å²) >= 11 is 0. The van der Waals surface area contributed by atoms with Crippen LogP contribution >= 0.6 is 0 Å². The Labute approximate surface area is 91.5 Å². The molecule has 0 aliphatic heterocycles. The Kier molecular flexibility index (Phi) is 10.7. The van der Waals surface area contributed by atoms with Crippen LogP contribution in [-0.2, 0) is 9.59 Å². The molecule has 11 heavy (non-hydrogen) atoms. The molecule has 0 amide bonds. The third-order valence-corrected chi connectivity index (χ3v) is 1.56. The average molecular weight is 166 g/mol. The Hall–Kier alpha value is 0.340. The van der Waals surface area contributed by atoms with Crippen LogP contribution in [0.5, 0.6) is 0 Å². The largest absolute Gasteiger partial charge is 1.00 e. The van der Waals surface area contributed by atoms with Gasteiger partial charge in [0.1, 0.15) is 12.1 Å². The minimum atomic E-state index is -0.347. The van der Waals surface area contributed by atoms with Crippen molar-refractivity contribution in [3.05, 3.63) is 0 Å². The van der Waals surface area contributed by atoms with Gasteiger partial charge >= 0.3 is 29.6 Å². The number of hydrogen-bond donors (Lipinski definition) is 0. The van der Waals surface area contributed by atoms with E-state index in [0.29, 0.717) is 0 Å². The predicted octanol–water partition coefficient (Wildman–Crippen LogP) is -1.30. The fourth-order valence-electron chi connectivity index (χ4n) is 0.791. The number of carbonyl (C=O) groups excluding carboxylic acids is 2. The zero-order valence-corrected chi connectivity index (χ0v) is 9.59. The zero-order chi connectivity index (χ0) is 7.98. The minimum absolute atomic E-state index is 0. The van der Waals surface area contributed by atoms with Gasteiger partial charge in [-0.3, -0.25) is 4.79 Å². The Morgan fingerprint density at radius 1 is 1.64 bits per heavy atom. The van der Waals surface area contributed by atoms with E-state index in [2.05, 4.69) is 0 Å². The Morgan fingerprint density at radius 3 is 2.45 bits per heavy atom. The summed E-state index contributed by atoms with van der Waals surface area (Å²) in [6.45, 7) is 3.51. The molecule has 0 aliphatic carbocycles. The molecule has 0 saturated heterocycles. The first-order valence-electron chi connectivity index (χ1n) is 3.68. The molecular weight excluding hydrogens is 151 g/mol. The van der Waals surface area contributed by atoms with Crippen LogP contribution < -0.4 is 29.6 Å². The second-order valence-corrected chi connectivity index (χ2v) is 2.50. The van der Waals surface area contributed by atoms with Crippen molar-refractivity contribution in [3.63, 3.8) is 0 Å². The first-order chi connectivity index (χ1) is 4.72. The van der Waals surface area contributed by atoms with E-state index in [9.17, 15) is 9.59 Å². The van der Waals surface area contributed by atoms with E-state index in [1.165, 1.54) is 6.92 Å². The third-order valence-electron chi connectivity index (χ3n) is 1.56. The van der Waals surface area contributed by atoms with Gasteiger partial charge in [-0.2, -0.15) is 0 Å². The number of unbranched alkanes of at least 4 members (excludes halogenated alkanes) is 1. The number of Topliss-reactive ketones (excluding diaryl/α,β-unsaturated/α-hetero) is 1. The molecule has 0 spiro atoms. The molecule has 1 atom stereocenters. The number of aldehydes is 1. The molecule has 0 aromatic carbocycles. The summed E-state index contributed by atoms with van der Waals surface area (Å²) in [5, 5.41) is 0. The van der Waals surface area contributed by atoms with E-state index in [1.807, 2.05) is 6.92 Å². The third kappa shape index (κ3) is 6.73. The van der Waals surface area contributed by atoms with E-state index in [0.717, 1.165) is 25.5 Å². The second kappa shape index (κ2) is 8.44. The fourth-order valence-corrected chi connectivity index (χ4v) is 0.791. The van der Waals surface area contributed by atoms with Crippen LogP contribution in [0, 0.1) is 5.92 Å². The van der Waals surface area contributed by atoms with Crippen molar-refractivity contribution in [2.45, 2.75) is 33.1 Å². The number of hydrogen-bond acceptors (Lipinski definition) is 2. The van der Waals surface area contributed by atoms with Crippen molar-refractivity contribution in [1.29, 1.82) is 0 Å². The van der Waals surface area contributed by atoms with Gasteiger partial charge in [-0.15, -0.1) is 0 Å². The monoisotopic (exact) mass is 166 g/mol. The molecule has 0 saturated carbocycles. The molecule has 0 heterocycles. The summed E-state index contributed by atoms with van der Waals surface area (Å²) in [5.74, 6) is -0.358. The first kappa shape index (κ1) is 13.9. The van der Waals surface area contributed by atoms with Crippen LogP contribution in [0.1, 0.15) is 34.5 Å².